The average Bonchev–Trinajstić information content (AvgIpc) is 3.17. The van der Waals surface area contributed by atoms with Gasteiger partial charge in [0.2, 0.25) is 5.95 Å². The Hall–Kier alpha value is -3.25. The van der Waals surface area contributed by atoms with Crippen LogP contribution in [0.2, 0.25) is 0 Å². The molecule has 1 aliphatic rings. The molecule has 0 aliphatic carbocycles. The number of para-hydroxylation sites is 2. The lowest BCUT2D eigenvalue weighted by atomic mass is 10.0. The summed E-state index contributed by atoms with van der Waals surface area (Å²) in [5, 5.41) is 3.51. The monoisotopic (exact) mass is 461 g/mol. The largest absolute Gasteiger partial charge is 0.493 e. The Morgan fingerprint density at radius 1 is 0.933 bits per heavy atom. The van der Waals surface area contributed by atoms with Crippen LogP contribution in [0.1, 0.15) is 17.2 Å². The van der Waals surface area contributed by atoms with E-state index in [0.29, 0.717) is 11.5 Å². The van der Waals surface area contributed by atoms with Gasteiger partial charge in [0.15, 0.2) is 11.5 Å². The number of fused-ring (bicyclic) bond motifs is 3. The highest BCUT2D eigenvalue weighted by atomic mass is 79.9. The van der Waals surface area contributed by atoms with Crippen LogP contribution in [0.25, 0.3) is 16.7 Å². The highest BCUT2D eigenvalue weighted by Crippen LogP contribution is 2.39. The zero-order chi connectivity index (χ0) is 20.7. The van der Waals surface area contributed by atoms with E-state index in [4.69, 9.17) is 14.5 Å². The molecule has 6 heteroatoms. The fourth-order valence-electron chi connectivity index (χ4n) is 3.89. The molecule has 0 unspecified atom stereocenters. The number of benzene rings is 3. The van der Waals surface area contributed by atoms with E-state index in [1.807, 2.05) is 42.5 Å². The van der Waals surface area contributed by atoms with Gasteiger partial charge >= 0.3 is 0 Å². The summed E-state index contributed by atoms with van der Waals surface area (Å²) >= 11 is 3.51. The molecule has 5 rings (SSSR count). The normalized spacial score (nSPS) is 15.3. The Labute approximate surface area is 183 Å². The zero-order valence-electron chi connectivity index (χ0n) is 16.6. The first kappa shape index (κ1) is 18.8. The smallest absolute Gasteiger partial charge is 0.209 e. The number of methoxy groups -OCH3 is 2. The van der Waals surface area contributed by atoms with Gasteiger partial charge in [-0.25, -0.2) is 4.98 Å². The van der Waals surface area contributed by atoms with Crippen molar-refractivity contribution in [1.82, 2.24) is 9.55 Å². The van der Waals surface area contributed by atoms with E-state index in [-0.39, 0.29) is 6.04 Å². The second-order valence-electron chi connectivity index (χ2n) is 7.07. The molecule has 0 fully saturated rings. The van der Waals surface area contributed by atoms with Crippen LogP contribution >= 0.6 is 15.9 Å². The molecule has 5 nitrogen and oxygen atoms in total. The third-order valence-electron chi connectivity index (χ3n) is 5.35. The zero-order valence-corrected chi connectivity index (χ0v) is 18.2. The van der Waals surface area contributed by atoms with Crippen LogP contribution in [0, 0.1) is 0 Å². The van der Waals surface area contributed by atoms with Crippen molar-refractivity contribution in [3.63, 3.8) is 0 Å². The van der Waals surface area contributed by atoms with Crippen molar-refractivity contribution in [3.8, 4) is 11.5 Å². The van der Waals surface area contributed by atoms with Crippen LogP contribution in [0.15, 0.2) is 77.3 Å². The molecular weight excluding hydrogens is 442 g/mol. The highest BCUT2D eigenvalue weighted by molar-refractivity contribution is 9.10. The third kappa shape index (κ3) is 3.13. The Balaban J connectivity index is 1.70. The minimum Gasteiger partial charge on any atom is -0.493 e. The third-order valence-corrected chi connectivity index (χ3v) is 5.88. The summed E-state index contributed by atoms with van der Waals surface area (Å²) in [5.74, 6) is 2.23. The van der Waals surface area contributed by atoms with Gasteiger partial charge in [-0.1, -0.05) is 46.3 Å². The van der Waals surface area contributed by atoms with Crippen molar-refractivity contribution in [2.45, 2.75) is 6.04 Å². The van der Waals surface area contributed by atoms with Gasteiger partial charge < -0.3 is 14.8 Å². The van der Waals surface area contributed by atoms with E-state index in [1.54, 1.807) is 14.2 Å². The van der Waals surface area contributed by atoms with Crippen molar-refractivity contribution >= 4 is 38.6 Å². The summed E-state index contributed by atoms with van der Waals surface area (Å²) in [6, 6.07) is 22.4. The molecule has 1 aromatic heterocycles. The number of hydrogen-bond acceptors (Lipinski definition) is 4. The summed E-state index contributed by atoms with van der Waals surface area (Å²) in [6.45, 7) is 0. The van der Waals surface area contributed by atoms with E-state index in [0.717, 1.165) is 38.3 Å². The van der Waals surface area contributed by atoms with Crippen molar-refractivity contribution in [2.75, 3.05) is 19.5 Å². The van der Waals surface area contributed by atoms with E-state index >= 15 is 0 Å². The van der Waals surface area contributed by atoms with Gasteiger partial charge in [-0.3, -0.25) is 4.57 Å². The van der Waals surface area contributed by atoms with Crippen LogP contribution in [0.3, 0.4) is 0 Å². The molecule has 0 radical (unpaired) electrons. The van der Waals surface area contributed by atoms with Gasteiger partial charge in [0.1, 0.15) is 0 Å². The molecule has 0 spiro atoms. The molecular formula is C24H20BrN3O2. The van der Waals surface area contributed by atoms with Crippen LogP contribution in [0.4, 0.5) is 5.95 Å². The van der Waals surface area contributed by atoms with Crippen LogP contribution < -0.4 is 14.8 Å². The SMILES string of the molecule is COc1ccc([C@@H]2C=C(c3ccc(Br)cc3)Nc3nc4ccccc4n32)cc1OC. The van der Waals surface area contributed by atoms with Gasteiger partial charge in [0, 0.05) is 10.2 Å². The van der Waals surface area contributed by atoms with Crippen molar-refractivity contribution in [3.05, 3.63) is 88.4 Å². The maximum Gasteiger partial charge on any atom is 0.209 e. The van der Waals surface area contributed by atoms with Crippen molar-refractivity contribution in [1.29, 1.82) is 0 Å². The molecule has 1 atom stereocenters. The standard InChI is InChI=1S/C24H20BrN3O2/c1-29-22-12-9-16(13-23(22)30-2)21-14-19(15-7-10-17(25)11-8-15)27-24-26-18-5-3-4-6-20(18)28(21)24/h3-14,21H,1-2H3,(H,26,27)/t21-/m0/s1. The Morgan fingerprint density at radius 3 is 2.47 bits per heavy atom. The predicted octanol–water partition coefficient (Wildman–Crippen LogP) is 5.87. The Morgan fingerprint density at radius 2 is 1.70 bits per heavy atom. The number of halogens is 1. The number of aromatic nitrogens is 2. The molecule has 1 N–H and O–H groups in total. The van der Waals surface area contributed by atoms with E-state index in [9.17, 15) is 0 Å². The number of nitrogens with one attached hydrogen (secondary N) is 1. The quantitative estimate of drug-likeness (QED) is 0.412. The molecule has 30 heavy (non-hydrogen) atoms. The number of nitrogens with zero attached hydrogens (tertiary/aromatic N) is 2. The lowest BCUT2D eigenvalue weighted by molar-refractivity contribution is 0.354. The van der Waals surface area contributed by atoms with Crippen LogP contribution in [0.5, 0.6) is 11.5 Å². The van der Waals surface area contributed by atoms with Crippen molar-refractivity contribution in [2.24, 2.45) is 0 Å². The lowest BCUT2D eigenvalue weighted by Gasteiger charge is -2.27. The van der Waals surface area contributed by atoms with Crippen LogP contribution in [-0.4, -0.2) is 23.8 Å². The molecule has 0 bridgehead atoms. The van der Waals surface area contributed by atoms with E-state index in [1.165, 1.54) is 0 Å². The second-order valence-corrected chi connectivity index (χ2v) is 7.98. The van der Waals surface area contributed by atoms with Gasteiger partial charge in [-0.2, -0.15) is 0 Å². The number of ether oxygens (including phenoxy) is 2. The summed E-state index contributed by atoms with van der Waals surface area (Å²) in [4.78, 5) is 4.84. The average molecular weight is 462 g/mol. The van der Waals surface area contributed by atoms with E-state index in [2.05, 4.69) is 56.2 Å². The fourth-order valence-corrected chi connectivity index (χ4v) is 4.15. The molecule has 3 aromatic carbocycles. The molecule has 150 valence electrons. The first-order valence-corrected chi connectivity index (χ1v) is 10.4. The first-order chi connectivity index (χ1) is 14.7. The maximum absolute atomic E-state index is 5.56. The van der Waals surface area contributed by atoms with Crippen LogP contribution in [-0.2, 0) is 0 Å². The summed E-state index contributed by atoms with van der Waals surface area (Å²) in [7, 11) is 3.31. The molecule has 0 amide bonds. The van der Waals surface area contributed by atoms with Gasteiger partial charge in [-0.05, 0) is 53.6 Å². The fraction of sp³-hybridized carbons (Fsp3) is 0.125. The second kappa shape index (κ2) is 7.54. The minimum absolute atomic E-state index is 0.0490. The number of imidazole rings is 1. The Bertz CT molecular complexity index is 1260. The maximum atomic E-state index is 5.56. The van der Waals surface area contributed by atoms with Crippen molar-refractivity contribution < 1.29 is 9.47 Å². The molecule has 0 saturated heterocycles. The first-order valence-electron chi connectivity index (χ1n) is 9.61. The number of allylic oxidation sites excluding steroid dienone is 1. The van der Waals surface area contributed by atoms with E-state index < -0.39 is 0 Å². The summed E-state index contributed by atoms with van der Waals surface area (Å²) in [5.41, 5.74) is 5.24. The molecule has 4 aromatic rings. The topological polar surface area (TPSA) is 48.3 Å². The molecule has 0 saturated carbocycles. The predicted molar refractivity (Wildman–Crippen MR) is 123 cm³/mol. The summed E-state index contributed by atoms with van der Waals surface area (Å²) in [6.07, 6.45) is 2.23. The lowest BCUT2D eigenvalue weighted by Crippen LogP contribution is -2.19. The van der Waals surface area contributed by atoms with Gasteiger partial charge in [0.05, 0.1) is 31.3 Å². The number of rotatable bonds is 4. The summed E-state index contributed by atoms with van der Waals surface area (Å²) < 4.78 is 14.3. The molecule has 1 aliphatic heterocycles. The molecule has 2 heterocycles. The van der Waals surface area contributed by atoms with Gasteiger partial charge in [-0.15, -0.1) is 0 Å². The van der Waals surface area contributed by atoms with Gasteiger partial charge in [0.25, 0.3) is 0 Å². The highest BCUT2D eigenvalue weighted by Gasteiger charge is 2.26. The number of hydrogen-bond donors (Lipinski definition) is 1. The minimum atomic E-state index is -0.0490. The Kier molecular flexibility index (Phi) is 4.71. The number of anilines is 1.